The van der Waals surface area contributed by atoms with Gasteiger partial charge in [-0.25, -0.2) is 9.64 Å². The van der Waals surface area contributed by atoms with Gasteiger partial charge in [-0.2, -0.15) is 5.26 Å². The van der Waals surface area contributed by atoms with Gasteiger partial charge in [0.25, 0.3) is 0 Å². The largest absolute Gasteiger partial charge is 0.462 e. The van der Waals surface area contributed by atoms with Crippen molar-refractivity contribution < 1.29 is 9.53 Å². The first-order valence-corrected chi connectivity index (χ1v) is 8.99. The third-order valence-corrected chi connectivity index (χ3v) is 5.00. The van der Waals surface area contributed by atoms with Crippen molar-refractivity contribution in [2.24, 2.45) is 0 Å². The van der Waals surface area contributed by atoms with Crippen LogP contribution in [0.3, 0.4) is 0 Å². The van der Waals surface area contributed by atoms with E-state index in [9.17, 15) is 10.1 Å². The number of carbonyl (C=O) groups is 1. The summed E-state index contributed by atoms with van der Waals surface area (Å²) in [6.45, 7) is 9.40. The normalized spacial score (nSPS) is 10.0. The average Bonchev–Trinajstić information content (AvgIpc) is 3.04. The second-order valence-corrected chi connectivity index (χ2v) is 6.64. The summed E-state index contributed by atoms with van der Waals surface area (Å²) in [5, 5.41) is 9.58. The molecular formula is C21H15N3O2S. The van der Waals surface area contributed by atoms with Crippen LogP contribution in [0.15, 0.2) is 48.5 Å². The van der Waals surface area contributed by atoms with Gasteiger partial charge in [-0.15, -0.1) is 11.3 Å². The van der Waals surface area contributed by atoms with Gasteiger partial charge in [0.1, 0.15) is 4.88 Å². The predicted octanol–water partition coefficient (Wildman–Crippen LogP) is 5.26. The summed E-state index contributed by atoms with van der Waals surface area (Å²) in [6, 6.07) is 16.9. The molecule has 0 fully saturated rings. The highest BCUT2D eigenvalue weighted by Crippen LogP contribution is 2.45. The molecule has 1 heterocycles. The minimum absolute atomic E-state index is 0.243. The Hall–Kier alpha value is -3.61. The standard InChI is InChI=1S/C21H15N3O2S/c1-3-26-21(25)19-17(18(24-2)20(23)27-19)14-10-8-13(9-11-14)16-7-5-4-6-15(16)12-22/h4-11H,3,23H2,1H3. The molecule has 0 saturated carbocycles. The molecule has 0 bridgehead atoms. The number of thiophene rings is 1. The van der Waals surface area contributed by atoms with Crippen molar-refractivity contribution >= 4 is 28.0 Å². The van der Waals surface area contributed by atoms with Crippen LogP contribution < -0.4 is 5.73 Å². The van der Waals surface area contributed by atoms with E-state index >= 15 is 0 Å². The van der Waals surface area contributed by atoms with Crippen molar-refractivity contribution in [1.82, 2.24) is 0 Å². The van der Waals surface area contributed by atoms with Crippen LogP contribution in [0.2, 0.25) is 0 Å². The molecule has 3 aromatic rings. The summed E-state index contributed by atoms with van der Waals surface area (Å²) in [7, 11) is 0. The molecule has 5 nitrogen and oxygen atoms in total. The van der Waals surface area contributed by atoms with Crippen LogP contribution in [0.25, 0.3) is 27.1 Å². The van der Waals surface area contributed by atoms with E-state index in [0.29, 0.717) is 26.6 Å². The number of nitriles is 1. The lowest BCUT2D eigenvalue weighted by Gasteiger charge is -2.08. The molecule has 0 spiro atoms. The smallest absolute Gasteiger partial charge is 0.347 e. The molecule has 0 aliphatic rings. The minimum atomic E-state index is -0.488. The second kappa shape index (κ2) is 7.74. The number of hydrogen-bond donors (Lipinski definition) is 1. The van der Waals surface area contributed by atoms with Crippen LogP contribution in [-0.2, 0) is 4.74 Å². The zero-order valence-corrected chi connectivity index (χ0v) is 15.3. The van der Waals surface area contributed by atoms with Gasteiger partial charge >= 0.3 is 5.97 Å². The topological polar surface area (TPSA) is 80.5 Å². The number of ether oxygens (including phenoxy) is 1. The Morgan fingerprint density at radius 2 is 1.89 bits per heavy atom. The minimum Gasteiger partial charge on any atom is -0.462 e. The van der Waals surface area contributed by atoms with Crippen molar-refractivity contribution in [3.63, 3.8) is 0 Å². The number of carbonyl (C=O) groups excluding carboxylic acids is 1. The Morgan fingerprint density at radius 3 is 2.52 bits per heavy atom. The van der Waals surface area contributed by atoms with Crippen LogP contribution in [0.4, 0.5) is 10.7 Å². The molecule has 0 amide bonds. The first-order valence-electron chi connectivity index (χ1n) is 8.17. The summed E-state index contributed by atoms with van der Waals surface area (Å²) < 4.78 is 5.10. The first kappa shape index (κ1) is 18.2. The van der Waals surface area contributed by atoms with Crippen LogP contribution in [0, 0.1) is 17.9 Å². The molecule has 132 valence electrons. The maximum Gasteiger partial charge on any atom is 0.347 e. The highest BCUT2D eigenvalue weighted by Gasteiger charge is 2.24. The zero-order chi connectivity index (χ0) is 19.4. The zero-order valence-electron chi connectivity index (χ0n) is 14.5. The molecule has 27 heavy (non-hydrogen) atoms. The van der Waals surface area contributed by atoms with Crippen LogP contribution in [0.5, 0.6) is 0 Å². The van der Waals surface area contributed by atoms with Crippen LogP contribution in [-0.4, -0.2) is 12.6 Å². The van der Waals surface area contributed by atoms with Gasteiger partial charge in [-0.3, -0.25) is 0 Å². The number of nitrogen functional groups attached to an aromatic ring is 1. The summed E-state index contributed by atoms with van der Waals surface area (Å²) in [4.78, 5) is 16.1. The molecule has 2 N–H and O–H groups in total. The number of benzene rings is 2. The molecule has 3 rings (SSSR count). The molecule has 2 aromatic carbocycles. The van der Waals surface area contributed by atoms with E-state index in [1.54, 1.807) is 13.0 Å². The summed E-state index contributed by atoms with van der Waals surface area (Å²) in [5.41, 5.74) is 9.68. The highest BCUT2D eigenvalue weighted by molar-refractivity contribution is 7.19. The summed E-state index contributed by atoms with van der Waals surface area (Å²) in [6.07, 6.45) is 0. The number of nitrogens with zero attached hydrogens (tertiary/aromatic N) is 2. The van der Waals surface area contributed by atoms with Crippen molar-refractivity contribution in [1.29, 1.82) is 5.26 Å². The van der Waals surface area contributed by atoms with Crippen LogP contribution in [0.1, 0.15) is 22.2 Å². The van der Waals surface area contributed by atoms with E-state index < -0.39 is 5.97 Å². The van der Waals surface area contributed by atoms with E-state index in [2.05, 4.69) is 10.9 Å². The Labute approximate surface area is 161 Å². The van der Waals surface area contributed by atoms with Gasteiger partial charge in [0.05, 0.1) is 29.8 Å². The third kappa shape index (κ3) is 3.39. The summed E-state index contributed by atoms with van der Waals surface area (Å²) in [5.74, 6) is -0.488. The van der Waals surface area contributed by atoms with Crippen molar-refractivity contribution in [3.05, 3.63) is 70.4 Å². The number of anilines is 1. The molecule has 0 atom stereocenters. The molecule has 0 aliphatic heterocycles. The van der Waals surface area contributed by atoms with Gasteiger partial charge in [0.2, 0.25) is 5.69 Å². The van der Waals surface area contributed by atoms with E-state index in [4.69, 9.17) is 17.0 Å². The lowest BCUT2D eigenvalue weighted by atomic mass is 9.97. The Kier molecular flexibility index (Phi) is 5.21. The van der Waals surface area contributed by atoms with E-state index in [-0.39, 0.29) is 12.3 Å². The Bertz CT molecular complexity index is 1090. The molecule has 0 aliphatic carbocycles. The van der Waals surface area contributed by atoms with E-state index in [1.165, 1.54) is 0 Å². The number of nitrogens with two attached hydrogens (primary N) is 1. The van der Waals surface area contributed by atoms with Gasteiger partial charge < -0.3 is 10.5 Å². The van der Waals surface area contributed by atoms with Crippen LogP contribution >= 0.6 is 11.3 Å². The lowest BCUT2D eigenvalue weighted by Crippen LogP contribution is -2.03. The van der Waals surface area contributed by atoms with Crippen molar-refractivity contribution in [2.45, 2.75) is 6.92 Å². The molecular weight excluding hydrogens is 358 g/mol. The SMILES string of the molecule is [C-]#[N+]c1c(N)sc(C(=O)OCC)c1-c1ccc(-c2ccccc2C#N)cc1. The van der Waals surface area contributed by atoms with E-state index in [1.807, 2.05) is 42.5 Å². The maximum absolute atomic E-state index is 12.3. The fraction of sp³-hybridized carbons (Fsp3) is 0.0952. The van der Waals surface area contributed by atoms with E-state index in [0.717, 1.165) is 22.5 Å². The maximum atomic E-state index is 12.3. The second-order valence-electron chi connectivity index (χ2n) is 5.59. The number of esters is 1. The molecule has 1 aromatic heterocycles. The third-order valence-electron chi connectivity index (χ3n) is 4.01. The first-order chi connectivity index (χ1) is 13.1. The molecule has 6 heteroatoms. The number of hydrogen-bond acceptors (Lipinski definition) is 5. The quantitative estimate of drug-likeness (QED) is 0.499. The average molecular weight is 373 g/mol. The van der Waals surface area contributed by atoms with Gasteiger partial charge in [-0.05, 0) is 29.7 Å². The van der Waals surface area contributed by atoms with Crippen molar-refractivity contribution in [3.8, 4) is 28.3 Å². The van der Waals surface area contributed by atoms with Crippen molar-refractivity contribution in [2.75, 3.05) is 12.3 Å². The highest BCUT2D eigenvalue weighted by atomic mass is 32.1. The monoisotopic (exact) mass is 373 g/mol. The molecule has 0 radical (unpaired) electrons. The van der Waals surface area contributed by atoms with Gasteiger partial charge in [0.15, 0.2) is 0 Å². The fourth-order valence-corrected chi connectivity index (χ4v) is 3.73. The molecule has 0 saturated heterocycles. The van der Waals surface area contributed by atoms with Gasteiger partial charge in [-0.1, -0.05) is 42.5 Å². The lowest BCUT2D eigenvalue weighted by molar-refractivity contribution is 0.0533. The molecule has 0 unspecified atom stereocenters. The van der Waals surface area contributed by atoms with Gasteiger partial charge in [0, 0.05) is 5.56 Å². The fourth-order valence-electron chi connectivity index (χ4n) is 2.81. The predicted molar refractivity (Wildman–Crippen MR) is 107 cm³/mol. The Balaban J connectivity index is 2.10. The Morgan fingerprint density at radius 1 is 1.22 bits per heavy atom. The summed E-state index contributed by atoms with van der Waals surface area (Å²) >= 11 is 1.06. The number of rotatable bonds is 4.